The van der Waals surface area contributed by atoms with Gasteiger partial charge in [0.1, 0.15) is 5.78 Å². The van der Waals surface area contributed by atoms with E-state index in [1.54, 1.807) is 0 Å². The van der Waals surface area contributed by atoms with Gasteiger partial charge in [-0.3, -0.25) is 4.79 Å². The van der Waals surface area contributed by atoms with Crippen LogP contribution in [0, 0.1) is 0 Å². The highest BCUT2D eigenvalue weighted by molar-refractivity contribution is 5.81. The second kappa shape index (κ2) is 4.45. The molecule has 3 heteroatoms. The highest BCUT2D eigenvalue weighted by Crippen LogP contribution is 2.18. The van der Waals surface area contributed by atoms with Gasteiger partial charge in [-0.25, -0.2) is 0 Å². The summed E-state index contributed by atoms with van der Waals surface area (Å²) in [7, 11) is 0. The molecule has 1 aliphatic rings. The SMILES string of the molecule is O=C1CCN(c2ccc(CO)cc2)CC1. The minimum atomic E-state index is 0.0821. The van der Waals surface area contributed by atoms with E-state index in [0.717, 1.165) is 24.3 Å². The van der Waals surface area contributed by atoms with Gasteiger partial charge in [0, 0.05) is 31.6 Å². The fourth-order valence-corrected chi connectivity index (χ4v) is 1.83. The number of rotatable bonds is 2. The molecular weight excluding hydrogens is 190 g/mol. The van der Waals surface area contributed by atoms with E-state index in [2.05, 4.69) is 4.90 Å². The second-order valence-electron chi connectivity index (χ2n) is 3.85. The third-order valence-corrected chi connectivity index (χ3v) is 2.81. The van der Waals surface area contributed by atoms with Crippen molar-refractivity contribution in [2.24, 2.45) is 0 Å². The lowest BCUT2D eigenvalue weighted by molar-refractivity contribution is -0.119. The van der Waals surface area contributed by atoms with E-state index in [4.69, 9.17) is 5.11 Å². The van der Waals surface area contributed by atoms with Gasteiger partial charge in [-0.2, -0.15) is 0 Å². The van der Waals surface area contributed by atoms with Crippen LogP contribution in [-0.4, -0.2) is 24.0 Å². The zero-order chi connectivity index (χ0) is 10.7. The van der Waals surface area contributed by atoms with Gasteiger partial charge in [-0.15, -0.1) is 0 Å². The van der Waals surface area contributed by atoms with Crippen molar-refractivity contribution in [3.8, 4) is 0 Å². The molecular formula is C12H15NO2. The summed E-state index contributed by atoms with van der Waals surface area (Å²) < 4.78 is 0. The molecule has 1 heterocycles. The van der Waals surface area contributed by atoms with Crippen molar-refractivity contribution in [1.29, 1.82) is 0 Å². The third-order valence-electron chi connectivity index (χ3n) is 2.81. The molecule has 15 heavy (non-hydrogen) atoms. The van der Waals surface area contributed by atoms with Crippen molar-refractivity contribution < 1.29 is 9.90 Å². The normalized spacial score (nSPS) is 16.9. The molecule has 0 saturated carbocycles. The highest BCUT2D eigenvalue weighted by atomic mass is 16.3. The van der Waals surface area contributed by atoms with Crippen molar-refractivity contribution in [3.63, 3.8) is 0 Å². The maximum absolute atomic E-state index is 11.1. The van der Waals surface area contributed by atoms with E-state index in [-0.39, 0.29) is 6.61 Å². The number of hydrogen-bond acceptors (Lipinski definition) is 3. The largest absolute Gasteiger partial charge is 0.392 e. The standard InChI is InChI=1S/C12H15NO2/c14-9-10-1-3-11(4-2-10)13-7-5-12(15)6-8-13/h1-4,14H,5-9H2. The molecule has 0 aliphatic carbocycles. The number of aliphatic hydroxyl groups excluding tert-OH is 1. The predicted octanol–water partition coefficient (Wildman–Crippen LogP) is 1.35. The molecule has 1 fully saturated rings. The van der Waals surface area contributed by atoms with Crippen molar-refractivity contribution in [3.05, 3.63) is 29.8 Å². The molecule has 1 aromatic rings. The number of ketones is 1. The van der Waals surface area contributed by atoms with Crippen LogP contribution in [0.5, 0.6) is 0 Å². The number of aliphatic hydroxyl groups is 1. The van der Waals surface area contributed by atoms with Crippen molar-refractivity contribution in [2.75, 3.05) is 18.0 Å². The fraction of sp³-hybridized carbons (Fsp3) is 0.417. The van der Waals surface area contributed by atoms with Gasteiger partial charge >= 0.3 is 0 Å². The van der Waals surface area contributed by atoms with Gasteiger partial charge in [0.05, 0.1) is 6.61 Å². The Labute approximate surface area is 89.3 Å². The smallest absolute Gasteiger partial charge is 0.136 e. The molecule has 80 valence electrons. The number of carbonyl (C=O) groups excluding carboxylic acids is 1. The topological polar surface area (TPSA) is 40.5 Å². The van der Waals surface area contributed by atoms with Gasteiger partial charge in [-0.1, -0.05) is 12.1 Å². The number of anilines is 1. The molecule has 0 bridgehead atoms. The maximum atomic E-state index is 11.1. The van der Waals surface area contributed by atoms with E-state index in [9.17, 15) is 4.79 Å². The molecule has 0 amide bonds. The lowest BCUT2D eigenvalue weighted by atomic mass is 10.1. The minimum Gasteiger partial charge on any atom is -0.392 e. The molecule has 0 radical (unpaired) electrons. The molecule has 1 N–H and O–H groups in total. The molecule has 0 aromatic heterocycles. The van der Waals surface area contributed by atoms with Gasteiger partial charge < -0.3 is 10.0 Å². The van der Waals surface area contributed by atoms with Gasteiger partial charge in [0.15, 0.2) is 0 Å². The summed E-state index contributed by atoms with van der Waals surface area (Å²) in [6.07, 6.45) is 1.31. The molecule has 3 nitrogen and oxygen atoms in total. The predicted molar refractivity (Wildman–Crippen MR) is 58.8 cm³/mol. The first-order valence-corrected chi connectivity index (χ1v) is 5.26. The van der Waals surface area contributed by atoms with Crippen LogP contribution >= 0.6 is 0 Å². The van der Waals surface area contributed by atoms with E-state index in [0.29, 0.717) is 18.6 Å². The molecule has 1 saturated heterocycles. The van der Waals surface area contributed by atoms with E-state index < -0.39 is 0 Å². The first kappa shape index (κ1) is 10.2. The summed E-state index contributed by atoms with van der Waals surface area (Å²) >= 11 is 0. The van der Waals surface area contributed by atoms with Crippen LogP contribution in [0.4, 0.5) is 5.69 Å². The fourth-order valence-electron chi connectivity index (χ4n) is 1.83. The number of Topliss-reactive ketones (excluding diaryl/α,β-unsaturated/α-hetero) is 1. The summed E-state index contributed by atoms with van der Waals surface area (Å²) in [5.74, 6) is 0.359. The minimum absolute atomic E-state index is 0.0821. The van der Waals surface area contributed by atoms with Crippen LogP contribution in [0.15, 0.2) is 24.3 Å². The van der Waals surface area contributed by atoms with Crippen molar-refractivity contribution >= 4 is 11.5 Å². The van der Waals surface area contributed by atoms with Crippen LogP contribution in [0.3, 0.4) is 0 Å². The Balaban J connectivity index is 2.06. The summed E-state index contributed by atoms with van der Waals surface area (Å²) in [4.78, 5) is 13.3. The Morgan fingerprint density at radius 1 is 1.13 bits per heavy atom. The van der Waals surface area contributed by atoms with E-state index >= 15 is 0 Å². The molecule has 0 unspecified atom stereocenters. The third kappa shape index (κ3) is 2.36. The highest BCUT2D eigenvalue weighted by Gasteiger charge is 2.15. The summed E-state index contributed by atoms with van der Waals surface area (Å²) in [6, 6.07) is 7.85. The number of benzene rings is 1. The zero-order valence-corrected chi connectivity index (χ0v) is 8.65. The molecule has 1 aliphatic heterocycles. The number of nitrogens with zero attached hydrogens (tertiary/aromatic N) is 1. The lowest BCUT2D eigenvalue weighted by Gasteiger charge is -2.28. The summed E-state index contributed by atoms with van der Waals surface area (Å²) in [5.41, 5.74) is 2.06. The van der Waals surface area contributed by atoms with Crippen molar-refractivity contribution in [1.82, 2.24) is 0 Å². The van der Waals surface area contributed by atoms with E-state index in [1.807, 2.05) is 24.3 Å². The number of hydrogen-bond donors (Lipinski definition) is 1. The van der Waals surface area contributed by atoms with Crippen LogP contribution in [0.25, 0.3) is 0 Å². The van der Waals surface area contributed by atoms with E-state index in [1.165, 1.54) is 0 Å². The summed E-state index contributed by atoms with van der Waals surface area (Å²) in [6.45, 7) is 1.72. The number of piperidine rings is 1. The van der Waals surface area contributed by atoms with Crippen LogP contribution in [0.2, 0.25) is 0 Å². The molecule has 0 atom stereocenters. The maximum Gasteiger partial charge on any atom is 0.136 e. The van der Waals surface area contributed by atoms with Crippen molar-refractivity contribution in [2.45, 2.75) is 19.4 Å². The van der Waals surface area contributed by atoms with Gasteiger partial charge in [0.2, 0.25) is 0 Å². The van der Waals surface area contributed by atoms with Crippen LogP contribution in [-0.2, 0) is 11.4 Å². The monoisotopic (exact) mass is 205 g/mol. The average Bonchev–Trinajstić information content (AvgIpc) is 2.30. The van der Waals surface area contributed by atoms with Gasteiger partial charge in [0.25, 0.3) is 0 Å². The first-order valence-electron chi connectivity index (χ1n) is 5.26. The molecule has 2 rings (SSSR count). The Morgan fingerprint density at radius 3 is 2.27 bits per heavy atom. The molecule has 1 aromatic carbocycles. The Bertz CT molecular complexity index is 335. The quantitative estimate of drug-likeness (QED) is 0.792. The molecule has 0 spiro atoms. The van der Waals surface area contributed by atoms with Gasteiger partial charge in [-0.05, 0) is 17.7 Å². The number of carbonyl (C=O) groups is 1. The Hall–Kier alpha value is -1.35. The Morgan fingerprint density at radius 2 is 1.73 bits per heavy atom. The Kier molecular flexibility index (Phi) is 3.02. The summed E-state index contributed by atoms with van der Waals surface area (Å²) in [5, 5.41) is 8.92. The first-order chi connectivity index (χ1) is 7.29. The second-order valence-corrected chi connectivity index (χ2v) is 3.85. The van der Waals surface area contributed by atoms with Crippen LogP contribution in [0.1, 0.15) is 18.4 Å². The average molecular weight is 205 g/mol. The van der Waals surface area contributed by atoms with Crippen LogP contribution < -0.4 is 4.90 Å². The zero-order valence-electron chi connectivity index (χ0n) is 8.65. The lowest BCUT2D eigenvalue weighted by Crippen LogP contribution is -2.33.